The van der Waals surface area contributed by atoms with Crippen molar-refractivity contribution >= 4 is 33.2 Å². The largest absolute Gasteiger partial charge is 0.397 e. The van der Waals surface area contributed by atoms with Gasteiger partial charge in [0.2, 0.25) is 5.91 Å². The summed E-state index contributed by atoms with van der Waals surface area (Å²) in [5.41, 5.74) is 8.05. The molecular weight excluding hydrogens is 284 g/mol. The number of aryl methyl sites for hydroxylation is 1. The molecular formula is C12H17BrN2O2. The van der Waals surface area contributed by atoms with Crippen LogP contribution in [0.3, 0.4) is 0 Å². The van der Waals surface area contributed by atoms with Crippen LogP contribution >= 0.6 is 15.9 Å². The van der Waals surface area contributed by atoms with Gasteiger partial charge in [-0.25, -0.2) is 0 Å². The van der Waals surface area contributed by atoms with Crippen LogP contribution < -0.4 is 11.1 Å². The van der Waals surface area contributed by atoms with Gasteiger partial charge in [0.1, 0.15) is 0 Å². The Morgan fingerprint density at radius 1 is 1.59 bits per heavy atom. The summed E-state index contributed by atoms with van der Waals surface area (Å²) in [6, 6.07) is 3.70. The summed E-state index contributed by atoms with van der Waals surface area (Å²) in [6.07, 6.45) is 0. The molecule has 1 aromatic rings. The van der Waals surface area contributed by atoms with Gasteiger partial charge in [-0.2, -0.15) is 0 Å². The SMILES string of the molecule is COCC(C)C(=O)Nc1cc(Br)cc(C)c1N. The van der Waals surface area contributed by atoms with Crippen molar-refractivity contribution in [2.45, 2.75) is 13.8 Å². The first-order valence-corrected chi connectivity index (χ1v) is 6.10. The minimum absolute atomic E-state index is 0.101. The average Bonchev–Trinajstić information content (AvgIpc) is 2.25. The van der Waals surface area contributed by atoms with Crippen LogP contribution in [0.5, 0.6) is 0 Å². The van der Waals surface area contributed by atoms with Crippen molar-refractivity contribution in [1.82, 2.24) is 0 Å². The summed E-state index contributed by atoms with van der Waals surface area (Å²) in [5, 5.41) is 2.80. The van der Waals surface area contributed by atoms with E-state index in [0.717, 1.165) is 10.0 Å². The Balaban J connectivity index is 2.85. The maximum Gasteiger partial charge on any atom is 0.229 e. The van der Waals surface area contributed by atoms with E-state index in [0.29, 0.717) is 18.0 Å². The number of carbonyl (C=O) groups excluding carboxylic acids is 1. The van der Waals surface area contributed by atoms with Gasteiger partial charge in [0.05, 0.1) is 23.9 Å². The molecule has 0 aliphatic rings. The number of rotatable bonds is 4. The van der Waals surface area contributed by atoms with Crippen LogP contribution in [-0.4, -0.2) is 19.6 Å². The molecule has 1 rings (SSSR count). The van der Waals surface area contributed by atoms with Crippen LogP contribution in [-0.2, 0) is 9.53 Å². The Morgan fingerprint density at radius 2 is 2.24 bits per heavy atom. The predicted molar refractivity (Wildman–Crippen MR) is 73.0 cm³/mol. The number of hydrogen-bond donors (Lipinski definition) is 2. The van der Waals surface area contributed by atoms with E-state index in [9.17, 15) is 4.79 Å². The second-order valence-corrected chi connectivity index (χ2v) is 4.95. The lowest BCUT2D eigenvalue weighted by Gasteiger charge is -2.14. The van der Waals surface area contributed by atoms with Crippen LogP contribution in [0.1, 0.15) is 12.5 Å². The third-order valence-electron chi connectivity index (χ3n) is 2.47. The van der Waals surface area contributed by atoms with E-state index in [1.165, 1.54) is 0 Å². The lowest BCUT2D eigenvalue weighted by molar-refractivity contribution is -0.120. The molecule has 1 unspecified atom stereocenters. The van der Waals surface area contributed by atoms with Crippen molar-refractivity contribution in [2.75, 3.05) is 24.8 Å². The van der Waals surface area contributed by atoms with Crippen molar-refractivity contribution in [3.63, 3.8) is 0 Å². The van der Waals surface area contributed by atoms with Crippen molar-refractivity contribution in [2.24, 2.45) is 5.92 Å². The molecule has 0 radical (unpaired) electrons. The van der Waals surface area contributed by atoms with Gasteiger partial charge in [-0.3, -0.25) is 4.79 Å². The number of methoxy groups -OCH3 is 1. The van der Waals surface area contributed by atoms with Gasteiger partial charge < -0.3 is 15.8 Å². The molecule has 0 aliphatic carbocycles. The van der Waals surface area contributed by atoms with Crippen LogP contribution in [0.4, 0.5) is 11.4 Å². The monoisotopic (exact) mass is 300 g/mol. The standard InChI is InChI=1S/C12H17BrN2O2/c1-7-4-9(13)5-10(11(7)14)15-12(16)8(2)6-17-3/h4-5,8H,6,14H2,1-3H3,(H,15,16). The summed E-state index contributed by atoms with van der Waals surface area (Å²) in [7, 11) is 1.57. The maximum atomic E-state index is 11.8. The highest BCUT2D eigenvalue weighted by Crippen LogP contribution is 2.27. The number of benzene rings is 1. The Labute approximate surface area is 110 Å². The highest BCUT2D eigenvalue weighted by Gasteiger charge is 2.14. The Hall–Kier alpha value is -1.07. The molecule has 17 heavy (non-hydrogen) atoms. The zero-order valence-corrected chi connectivity index (χ0v) is 11.8. The molecule has 0 saturated carbocycles. The highest BCUT2D eigenvalue weighted by molar-refractivity contribution is 9.10. The number of amides is 1. The van der Waals surface area contributed by atoms with Crippen molar-refractivity contribution < 1.29 is 9.53 Å². The molecule has 0 heterocycles. The fourth-order valence-corrected chi connectivity index (χ4v) is 2.01. The molecule has 1 aromatic carbocycles. The maximum absolute atomic E-state index is 11.8. The molecule has 0 fully saturated rings. The number of ether oxygens (including phenoxy) is 1. The topological polar surface area (TPSA) is 64.3 Å². The summed E-state index contributed by atoms with van der Waals surface area (Å²) in [6.45, 7) is 4.09. The van der Waals surface area contributed by atoms with E-state index >= 15 is 0 Å². The van der Waals surface area contributed by atoms with Crippen LogP contribution in [0, 0.1) is 12.8 Å². The van der Waals surface area contributed by atoms with Crippen molar-refractivity contribution in [1.29, 1.82) is 0 Å². The van der Waals surface area contributed by atoms with E-state index < -0.39 is 0 Å². The molecule has 1 amide bonds. The lowest BCUT2D eigenvalue weighted by atomic mass is 10.1. The number of nitrogen functional groups attached to an aromatic ring is 1. The number of nitrogens with one attached hydrogen (secondary N) is 1. The smallest absolute Gasteiger partial charge is 0.229 e. The van der Waals surface area contributed by atoms with Crippen LogP contribution in [0.15, 0.2) is 16.6 Å². The average molecular weight is 301 g/mol. The molecule has 94 valence electrons. The van der Waals surface area contributed by atoms with Crippen LogP contribution in [0.25, 0.3) is 0 Å². The summed E-state index contributed by atoms with van der Waals surface area (Å²) in [4.78, 5) is 11.8. The van der Waals surface area contributed by atoms with Crippen LogP contribution in [0.2, 0.25) is 0 Å². The second-order valence-electron chi connectivity index (χ2n) is 4.03. The fraction of sp³-hybridized carbons (Fsp3) is 0.417. The summed E-state index contributed by atoms with van der Waals surface area (Å²) >= 11 is 3.37. The minimum Gasteiger partial charge on any atom is -0.397 e. The first-order chi connectivity index (χ1) is 7.95. The normalized spacial score (nSPS) is 12.2. The number of nitrogens with two attached hydrogens (primary N) is 1. The van der Waals surface area contributed by atoms with Gasteiger partial charge in [0.25, 0.3) is 0 Å². The Morgan fingerprint density at radius 3 is 2.82 bits per heavy atom. The molecule has 0 bridgehead atoms. The molecule has 4 nitrogen and oxygen atoms in total. The second kappa shape index (κ2) is 6.02. The number of anilines is 2. The third-order valence-corrected chi connectivity index (χ3v) is 2.93. The molecule has 0 aliphatic heterocycles. The zero-order chi connectivity index (χ0) is 13.0. The predicted octanol–water partition coefficient (Wildman–Crippen LogP) is 2.56. The van der Waals surface area contributed by atoms with Crippen molar-refractivity contribution in [3.8, 4) is 0 Å². The first kappa shape index (κ1) is 14.0. The third kappa shape index (κ3) is 3.71. The molecule has 0 aromatic heterocycles. The first-order valence-electron chi connectivity index (χ1n) is 5.31. The van der Waals surface area contributed by atoms with E-state index in [1.807, 2.05) is 13.0 Å². The van der Waals surface area contributed by atoms with Gasteiger partial charge in [-0.05, 0) is 24.6 Å². The molecule has 0 saturated heterocycles. The van der Waals surface area contributed by atoms with E-state index in [2.05, 4.69) is 21.2 Å². The quantitative estimate of drug-likeness (QED) is 0.840. The van der Waals surface area contributed by atoms with Gasteiger partial charge in [0.15, 0.2) is 0 Å². The van der Waals surface area contributed by atoms with E-state index in [4.69, 9.17) is 10.5 Å². The fourth-order valence-electron chi connectivity index (χ4n) is 1.44. The molecule has 1 atom stereocenters. The highest BCUT2D eigenvalue weighted by atomic mass is 79.9. The van der Waals surface area contributed by atoms with Gasteiger partial charge in [0, 0.05) is 11.6 Å². The van der Waals surface area contributed by atoms with Gasteiger partial charge >= 0.3 is 0 Å². The Kier molecular flexibility index (Phi) is 4.96. The minimum atomic E-state index is -0.210. The number of hydrogen-bond acceptors (Lipinski definition) is 3. The molecule has 0 spiro atoms. The van der Waals surface area contributed by atoms with E-state index in [1.54, 1.807) is 20.1 Å². The summed E-state index contributed by atoms with van der Waals surface area (Å²) < 4.78 is 5.83. The Bertz CT molecular complexity index is 421. The van der Waals surface area contributed by atoms with Gasteiger partial charge in [-0.1, -0.05) is 22.9 Å². The van der Waals surface area contributed by atoms with E-state index in [-0.39, 0.29) is 11.8 Å². The number of carbonyl (C=O) groups is 1. The lowest BCUT2D eigenvalue weighted by Crippen LogP contribution is -2.24. The molecule has 5 heteroatoms. The van der Waals surface area contributed by atoms with Gasteiger partial charge in [-0.15, -0.1) is 0 Å². The number of halogens is 1. The van der Waals surface area contributed by atoms with Crippen molar-refractivity contribution in [3.05, 3.63) is 22.2 Å². The summed E-state index contributed by atoms with van der Waals surface area (Å²) in [5.74, 6) is -0.310. The zero-order valence-electron chi connectivity index (χ0n) is 10.2. The molecule has 3 N–H and O–H groups in total.